The minimum absolute atomic E-state index is 0.0532. The molecule has 30 heavy (non-hydrogen) atoms. The van der Waals surface area contributed by atoms with E-state index in [9.17, 15) is 9.18 Å². The van der Waals surface area contributed by atoms with Crippen molar-refractivity contribution < 1.29 is 23.9 Å². The third kappa shape index (κ3) is 5.93. The van der Waals surface area contributed by atoms with Crippen molar-refractivity contribution in [3.05, 3.63) is 101 Å². The van der Waals surface area contributed by atoms with Crippen molar-refractivity contribution in [2.75, 3.05) is 6.61 Å². The second-order valence-electron chi connectivity index (χ2n) is 6.61. The van der Waals surface area contributed by atoms with Crippen LogP contribution in [-0.2, 0) is 16.2 Å². The molecule has 0 saturated carbocycles. The highest BCUT2D eigenvalue weighted by Crippen LogP contribution is 2.24. The highest BCUT2D eigenvalue weighted by atomic mass is 19.1. The molecule has 0 aliphatic heterocycles. The van der Waals surface area contributed by atoms with E-state index in [-0.39, 0.29) is 12.4 Å². The summed E-state index contributed by atoms with van der Waals surface area (Å²) in [5.41, 5.74) is 6.58. The molecule has 0 radical (unpaired) electrons. The van der Waals surface area contributed by atoms with Crippen molar-refractivity contribution in [3.63, 3.8) is 0 Å². The van der Waals surface area contributed by atoms with Crippen LogP contribution in [0, 0.1) is 12.7 Å². The zero-order valence-corrected chi connectivity index (χ0v) is 16.5. The summed E-state index contributed by atoms with van der Waals surface area (Å²) < 4.78 is 19.1. The predicted octanol–water partition coefficient (Wildman–Crippen LogP) is 4.82. The van der Waals surface area contributed by atoms with Crippen molar-refractivity contribution in [2.24, 2.45) is 0 Å². The Morgan fingerprint density at radius 3 is 2.50 bits per heavy atom. The fourth-order valence-electron chi connectivity index (χ4n) is 2.81. The highest BCUT2D eigenvalue weighted by molar-refractivity contribution is 5.80. The number of carbonyl (C=O) groups is 1. The van der Waals surface area contributed by atoms with Crippen molar-refractivity contribution in [1.29, 1.82) is 0 Å². The van der Waals surface area contributed by atoms with Gasteiger partial charge in [-0.05, 0) is 48.4 Å². The maximum Gasteiger partial charge on any atom is 0.341 e. The minimum atomic E-state index is -1.04. The van der Waals surface area contributed by atoms with Gasteiger partial charge in [-0.2, -0.15) is 0 Å². The summed E-state index contributed by atoms with van der Waals surface area (Å²) in [5, 5.41) is 8.80. The van der Waals surface area contributed by atoms with Gasteiger partial charge in [0.2, 0.25) is 0 Å². The molecule has 2 N–H and O–H groups in total. The van der Waals surface area contributed by atoms with E-state index in [2.05, 4.69) is 5.48 Å². The van der Waals surface area contributed by atoms with Gasteiger partial charge in [-0.25, -0.2) is 9.18 Å². The van der Waals surface area contributed by atoms with E-state index in [0.717, 1.165) is 16.7 Å². The van der Waals surface area contributed by atoms with Crippen LogP contribution < -0.4 is 10.2 Å². The van der Waals surface area contributed by atoms with Crippen LogP contribution in [0.5, 0.6) is 5.75 Å². The molecule has 0 saturated heterocycles. The number of aryl methyl sites for hydroxylation is 1. The smallest absolute Gasteiger partial charge is 0.341 e. The summed E-state index contributed by atoms with van der Waals surface area (Å²) in [6.07, 6.45) is 1.91. The van der Waals surface area contributed by atoms with Gasteiger partial charge in [0.1, 0.15) is 18.2 Å². The van der Waals surface area contributed by atoms with E-state index in [1.807, 2.05) is 49.4 Å². The Morgan fingerprint density at radius 1 is 1.07 bits per heavy atom. The third-order valence-corrected chi connectivity index (χ3v) is 4.32. The molecule has 0 aliphatic rings. The molecule has 0 aliphatic carbocycles. The lowest BCUT2D eigenvalue weighted by atomic mass is 10.1. The molecule has 0 unspecified atom stereocenters. The van der Waals surface area contributed by atoms with Crippen molar-refractivity contribution in [1.82, 2.24) is 5.48 Å². The van der Waals surface area contributed by atoms with Crippen LogP contribution in [-0.4, -0.2) is 17.7 Å². The van der Waals surface area contributed by atoms with Gasteiger partial charge in [0, 0.05) is 11.1 Å². The molecular weight excluding hydrogens is 385 g/mol. The van der Waals surface area contributed by atoms with Crippen LogP contribution in [0.3, 0.4) is 0 Å². The molecule has 0 bridgehead atoms. The Bertz CT molecular complexity index is 1030. The molecule has 6 heteroatoms. The normalized spacial score (nSPS) is 11.2. The van der Waals surface area contributed by atoms with Gasteiger partial charge in [-0.1, -0.05) is 48.5 Å². The highest BCUT2D eigenvalue weighted by Gasteiger charge is 2.09. The van der Waals surface area contributed by atoms with E-state index >= 15 is 0 Å². The molecule has 3 aromatic carbocycles. The van der Waals surface area contributed by atoms with Gasteiger partial charge in [0.05, 0.1) is 5.70 Å². The van der Waals surface area contributed by atoms with Gasteiger partial charge in [0.25, 0.3) is 0 Å². The quantitative estimate of drug-likeness (QED) is 0.393. The molecule has 0 fully saturated rings. The molecule has 0 heterocycles. The van der Waals surface area contributed by atoms with E-state index < -0.39 is 12.6 Å². The Kier molecular flexibility index (Phi) is 7.19. The van der Waals surface area contributed by atoms with E-state index in [1.165, 1.54) is 6.07 Å². The number of hydrogen-bond acceptors (Lipinski definition) is 4. The number of halogens is 1. The summed E-state index contributed by atoms with van der Waals surface area (Å²) in [6.45, 7) is 1.48. The number of ether oxygens (including phenoxy) is 1. The van der Waals surface area contributed by atoms with Gasteiger partial charge < -0.3 is 9.84 Å². The molecule has 5 nitrogen and oxygen atoms in total. The number of aliphatic carboxylic acids is 1. The monoisotopic (exact) mass is 407 g/mol. The molecular formula is C24H22FNO4. The van der Waals surface area contributed by atoms with Crippen LogP contribution in [0.25, 0.3) is 11.8 Å². The first kappa shape index (κ1) is 21.1. The van der Waals surface area contributed by atoms with E-state index in [0.29, 0.717) is 17.0 Å². The average molecular weight is 407 g/mol. The van der Waals surface area contributed by atoms with Crippen LogP contribution in [0.4, 0.5) is 4.39 Å². The van der Waals surface area contributed by atoms with E-state index in [1.54, 1.807) is 30.3 Å². The Morgan fingerprint density at radius 2 is 1.80 bits per heavy atom. The lowest BCUT2D eigenvalue weighted by Crippen LogP contribution is -2.14. The molecule has 0 atom stereocenters. The SMILES string of the molecule is Cc1cc(C(=Cc2ccccc2)NOCc2ccccc2F)ccc1OCC(=O)O. The zero-order chi connectivity index (χ0) is 21.3. The lowest BCUT2D eigenvalue weighted by Gasteiger charge is -2.14. The topological polar surface area (TPSA) is 67.8 Å². The fourth-order valence-corrected chi connectivity index (χ4v) is 2.81. The Hall–Kier alpha value is -3.64. The predicted molar refractivity (Wildman–Crippen MR) is 113 cm³/mol. The average Bonchev–Trinajstić information content (AvgIpc) is 2.74. The van der Waals surface area contributed by atoms with Crippen molar-refractivity contribution >= 4 is 17.7 Å². The summed E-state index contributed by atoms with van der Waals surface area (Å²) >= 11 is 0. The Labute approximate surface area is 174 Å². The van der Waals surface area contributed by atoms with E-state index in [4.69, 9.17) is 14.7 Å². The number of nitrogens with one attached hydrogen (secondary N) is 1. The lowest BCUT2D eigenvalue weighted by molar-refractivity contribution is -0.139. The molecule has 0 spiro atoms. The fraction of sp³-hybridized carbons (Fsp3) is 0.125. The summed E-state index contributed by atoms with van der Waals surface area (Å²) in [7, 11) is 0. The summed E-state index contributed by atoms with van der Waals surface area (Å²) in [5.74, 6) is -0.873. The minimum Gasteiger partial charge on any atom is -0.482 e. The first-order valence-corrected chi connectivity index (χ1v) is 9.36. The third-order valence-electron chi connectivity index (χ3n) is 4.32. The van der Waals surface area contributed by atoms with Gasteiger partial charge in [-0.15, -0.1) is 0 Å². The first-order valence-electron chi connectivity index (χ1n) is 9.36. The standard InChI is InChI=1S/C24H22FNO4/c1-17-13-19(11-12-23(17)29-16-24(27)28)22(14-18-7-3-2-4-8-18)26-30-15-20-9-5-6-10-21(20)25/h2-14,26H,15-16H2,1H3,(H,27,28). The molecule has 3 rings (SSSR count). The number of hydroxylamine groups is 1. The van der Waals surface area contributed by atoms with Crippen molar-refractivity contribution in [2.45, 2.75) is 13.5 Å². The number of hydrogen-bond donors (Lipinski definition) is 2. The molecule has 154 valence electrons. The van der Waals surface area contributed by atoms with Crippen LogP contribution in [0.15, 0.2) is 72.8 Å². The van der Waals surface area contributed by atoms with Crippen LogP contribution in [0.1, 0.15) is 22.3 Å². The number of carboxylic acid groups (broad SMARTS) is 1. The van der Waals surface area contributed by atoms with Gasteiger partial charge in [0.15, 0.2) is 6.61 Å². The number of carboxylic acids is 1. The van der Waals surface area contributed by atoms with Crippen LogP contribution >= 0.6 is 0 Å². The van der Waals surface area contributed by atoms with Gasteiger partial charge in [-0.3, -0.25) is 10.3 Å². The van der Waals surface area contributed by atoms with Crippen LogP contribution in [0.2, 0.25) is 0 Å². The number of rotatable bonds is 9. The van der Waals surface area contributed by atoms with Gasteiger partial charge >= 0.3 is 5.97 Å². The molecule has 3 aromatic rings. The maximum atomic E-state index is 13.8. The summed E-state index contributed by atoms with van der Waals surface area (Å²) in [4.78, 5) is 16.3. The largest absolute Gasteiger partial charge is 0.482 e. The molecule has 0 aromatic heterocycles. The molecule has 0 amide bonds. The number of benzene rings is 3. The maximum absolute atomic E-state index is 13.8. The second-order valence-corrected chi connectivity index (χ2v) is 6.61. The first-order chi connectivity index (χ1) is 14.5. The zero-order valence-electron chi connectivity index (χ0n) is 16.5. The second kappa shape index (κ2) is 10.2. The van der Waals surface area contributed by atoms with Crippen molar-refractivity contribution in [3.8, 4) is 5.75 Å². The summed E-state index contributed by atoms with van der Waals surface area (Å²) in [6, 6.07) is 21.5. The Balaban J connectivity index is 1.81.